The average molecular weight is 462 g/mol. The second-order valence-corrected chi connectivity index (χ2v) is 9.67. The number of hydrogen-bond acceptors (Lipinski definition) is 5. The third-order valence-electron chi connectivity index (χ3n) is 6.10. The van der Waals surface area contributed by atoms with E-state index in [1.165, 1.54) is 0 Å². The van der Waals surface area contributed by atoms with Gasteiger partial charge in [-0.05, 0) is 63.6 Å². The van der Waals surface area contributed by atoms with Gasteiger partial charge < -0.3 is 15.1 Å². The predicted molar refractivity (Wildman–Crippen MR) is 127 cm³/mol. The van der Waals surface area contributed by atoms with Gasteiger partial charge in [-0.2, -0.15) is 4.98 Å². The van der Waals surface area contributed by atoms with Gasteiger partial charge >= 0.3 is 0 Å². The molecule has 0 bridgehead atoms. The summed E-state index contributed by atoms with van der Waals surface area (Å²) in [7, 11) is 3.97. The zero-order valence-electron chi connectivity index (χ0n) is 18.2. The van der Waals surface area contributed by atoms with Crippen molar-refractivity contribution < 1.29 is 4.79 Å². The van der Waals surface area contributed by atoms with Gasteiger partial charge in [0, 0.05) is 48.9 Å². The number of amides is 1. The SMILES string of the molecule is Cc1cnc(N[C@H]2CC[C@@H](N(C(=O)C3CC3)c3ccc(Cl)cc3Cl)CC2)nc1N(C)C. The van der Waals surface area contributed by atoms with Gasteiger partial charge in [0.15, 0.2) is 0 Å². The van der Waals surface area contributed by atoms with E-state index in [2.05, 4.69) is 15.3 Å². The van der Waals surface area contributed by atoms with E-state index >= 15 is 0 Å². The Morgan fingerprint density at radius 3 is 2.42 bits per heavy atom. The number of aromatic nitrogens is 2. The normalized spacial score (nSPS) is 20.9. The van der Waals surface area contributed by atoms with E-state index in [4.69, 9.17) is 23.2 Å². The topological polar surface area (TPSA) is 61.4 Å². The lowest BCUT2D eigenvalue weighted by molar-refractivity contribution is -0.120. The summed E-state index contributed by atoms with van der Waals surface area (Å²) in [6, 6.07) is 5.82. The highest BCUT2D eigenvalue weighted by atomic mass is 35.5. The molecule has 1 aromatic heterocycles. The van der Waals surface area contributed by atoms with Crippen molar-refractivity contribution >= 4 is 46.6 Å². The van der Waals surface area contributed by atoms with Crippen LogP contribution in [0.25, 0.3) is 0 Å². The molecule has 1 amide bonds. The van der Waals surface area contributed by atoms with Crippen LogP contribution in [0.5, 0.6) is 0 Å². The van der Waals surface area contributed by atoms with Crippen molar-refractivity contribution in [1.82, 2.24) is 9.97 Å². The summed E-state index contributed by atoms with van der Waals surface area (Å²) >= 11 is 12.6. The van der Waals surface area contributed by atoms with E-state index < -0.39 is 0 Å². The van der Waals surface area contributed by atoms with Gasteiger partial charge in [-0.15, -0.1) is 0 Å². The first-order valence-corrected chi connectivity index (χ1v) is 11.6. The van der Waals surface area contributed by atoms with Crippen LogP contribution in [0.15, 0.2) is 24.4 Å². The Labute approximate surface area is 193 Å². The van der Waals surface area contributed by atoms with Gasteiger partial charge in [0.1, 0.15) is 5.82 Å². The number of hydrogen-bond donors (Lipinski definition) is 1. The van der Waals surface area contributed by atoms with E-state index in [1.807, 2.05) is 43.1 Å². The summed E-state index contributed by atoms with van der Waals surface area (Å²) < 4.78 is 0. The van der Waals surface area contributed by atoms with Crippen molar-refractivity contribution in [3.05, 3.63) is 40.0 Å². The third kappa shape index (κ3) is 5.07. The number of rotatable bonds is 6. The molecule has 31 heavy (non-hydrogen) atoms. The highest BCUT2D eigenvalue weighted by Gasteiger charge is 2.39. The molecule has 8 heteroatoms. The molecule has 0 radical (unpaired) electrons. The number of carbonyl (C=O) groups is 1. The minimum Gasteiger partial charge on any atom is -0.362 e. The second kappa shape index (κ2) is 9.21. The van der Waals surface area contributed by atoms with Crippen LogP contribution in [0.3, 0.4) is 0 Å². The fraction of sp³-hybridized carbons (Fsp3) is 0.522. The number of aryl methyl sites for hydroxylation is 1. The van der Waals surface area contributed by atoms with E-state index in [1.54, 1.807) is 12.1 Å². The minimum atomic E-state index is 0.132. The van der Waals surface area contributed by atoms with Crippen LogP contribution in [0.4, 0.5) is 17.5 Å². The first-order valence-electron chi connectivity index (χ1n) is 10.9. The van der Waals surface area contributed by atoms with Crippen molar-refractivity contribution in [2.45, 2.75) is 57.5 Å². The quantitative estimate of drug-likeness (QED) is 0.629. The Morgan fingerprint density at radius 1 is 1.10 bits per heavy atom. The summed E-state index contributed by atoms with van der Waals surface area (Å²) in [6.45, 7) is 2.01. The summed E-state index contributed by atoms with van der Waals surface area (Å²) in [4.78, 5) is 26.2. The lowest BCUT2D eigenvalue weighted by Crippen LogP contribution is -2.45. The molecule has 0 saturated heterocycles. The number of carbonyl (C=O) groups excluding carboxylic acids is 1. The zero-order chi connectivity index (χ0) is 22.1. The molecule has 1 N–H and O–H groups in total. The Balaban J connectivity index is 1.45. The highest BCUT2D eigenvalue weighted by molar-refractivity contribution is 6.36. The van der Waals surface area contributed by atoms with Gasteiger partial charge in [0.25, 0.3) is 0 Å². The van der Waals surface area contributed by atoms with Crippen LogP contribution >= 0.6 is 23.2 Å². The van der Waals surface area contributed by atoms with Gasteiger partial charge in [-0.25, -0.2) is 4.98 Å². The maximum absolute atomic E-state index is 13.1. The molecule has 2 aliphatic rings. The smallest absolute Gasteiger partial charge is 0.230 e. The number of anilines is 3. The molecule has 6 nitrogen and oxygen atoms in total. The summed E-state index contributed by atoms with van der Waals surface area (Å²) in [5, 5.41) is 4.60. The van der Waals surface area contributed by atoms with Gasteiger partial charge in [0.2, 0.25) is 11.9 Å². The Bertz CT molecular complexity index is 955. The number of halogens is 2. The average Bonchev–Trinajstić information content (AvgIpc) is 3.57. The van der Waals surface area contributed by atoms with Crippen LogP contribution in [-0.4, -0.2) is 42.1 Å². The first kappa shape index (κ1) is 22.2. The molecule has 0 atom stereocenters. The van der Waals surface area contributed by atoms with Gasteiger partial charge in [-0.1, -0.05) is 23.2 Å². The van der Waals surface area contributed by atoms with Crippen LogP contribution < -0.4 is 15.1 Å². The lowest BCUT2D eigenvalue weighted by atomic mass is 9.89. The van der Waals surface area contributed by atoms with Crippen LogP contribution in [0.1, 0.15) is 44.1 Å². The van der Waals surface area contributed by atoms with Gasteiger partial charge in [0.05, 0.1) is 10.7 Å². The molecular weight excluding hydrogens is 433 g/mol. The fourth-order valence-corrected chi connectivity index (χ4v) is 4.81. The minimum absolute atomic E-state index is 0.132. The summed E-state index contributed by atoms with van der Waals surface area (Å²) in [5.74, 6) is 1.90. The maximum Gasteiger partial charge on any atom is 0.230 e. The number of benzene rings is 1. The Hall–Kier alpha value is -2.05. The zero-order valence-corrected chi connectivity index (χ0v) is 19.7. The third-order valence-corrected chi connectivity index (χ3v) is 6.63. The van der Waals surface area contributed by atoms with Crippen molar-refractivity contribution in [1.29, 1.82) is 0 Å². The van der Waals surface area contributed by atoms with Crippen molar-refractivity contribution in [2.24, 2.45) is 5.92 Å². The van der Waals surface area contributed by atoms with E-state index in [0.29, 0.717) is 16.0 Å². The monoisotopic (exact) mass is 461 g/mol. The Morgan fingerprint density at radius 2 is 1.81 bits per heavy atom. The van der Waals surface area contributed by atoms with Crippen LogP contribution in [0.2, 0.25) is 10.0 Å². The highest BCUT2D eigenvalue weighted by Crippen LogP contribution is 2.39. The molecule has 2 aliphatic carbocycles. The molecule has 166 valence electrons. The molecule has 2 fully saturated rings. The van der Waals surface area contributed by atoms with E-state index in [0.717, 1.165) is 55.6 Å². The van der Waals surface area contributed by atoms with E-state index in [-0.39, 0.29) is 23.9 Å². The molecule has 4 rings (SSSR count). The summed E-state index contributed by atoms with van der Waals surface area (Å²) in [6.07, 6.45) is 7.49. The molecule has 0 spiro atoms. The molecule has 1 aromatic carbocycles. The van der Waals surface area contributed by atoms with Crippen LogP contribution in [0, 0.1) is 12.8 Å². The molecular formula is C23H29Cl2N5O. The van der Waals surface area contributed by atoms with Crippen molar-refractivity contribution in [2.75, 3.05) is 29.2 Å². The van der Waals surface area contributed by atoms with Crippen molar-refractivity contribution in [3.8, 4) is 0 Å². The largest absolute Gasteiger partial charge is 0.362 e. The first-order chi connectivity index (χ1) is 14.8. The lowest BCUT2D eigenvalue weighted by Gasteiger charge is -2.38. The number of nitrogens with one attached hydrogen (secondary N) is 1. The summed E-state index contributed by atoms with van der Waals surface area (Å²) in [5.41, 5.74) is 1.82. The van der Waals surface area contributed by atoms with Crippen LogP contribution in [-0.2, 0) is 4.79 Å². The Kier molecular flexibility index (Phi) is 6.58. The van der Waals surface area contributed by atoms with Crippen molar-refractivity contribution in [3.63, 3.8) is 0 Å². The second-order valence-electron chi connectivity index (χ2n) is 8.82. The number of nitrogens with zero attached hydrogens (tertiary/aromatic N) is 4. The molecule has 0 aliphatic heterocycles. The molecule has 2 saturated carbocycles. The van der Waals surface area contributed by atoms with E-state index in [9.17, 15) is 4.79 Å². The van der Waals surface area contributed by atoms with Gasteiger partial charge in [-0.3, -0.25) is 4.79 Å². The fourth-order valence-electron chi connectivity index (χ4n) is 4.32. The molecule has 2 aromatic rings. The standard InChI is InChI=1S/C23H29Cl2N5O/c1-14-13-26-23(28-21(14)29(2)3)27-17-7-9-18(10-8-17)30(22(31)15-4-5-15)20-11-6-16(24)12-19(20)25/h6,11-13,15,17-18H,4-5,7-10H2,1-3H3,(H,26,27,28)/t17-,18+. The molecule has 1 heterocycles. The molecule has 0 unspecified atom stereocenters. The maximum atomic E-state index is 13.1. The predicted octanol–water partition coefficient (Wildman–Crippen LogP) is 5.32.